The van der Waals surface area contributed by atoms with Crippen LogP contribution in [0.2, 0.25) is 0 Å². The van der Waals surface area contributed by atoms with Crippen LogP contribution in [0.25, 0.3) is 0 Å². The highest BCUT2D eigenvalue weighted by Crippen LogP contribution is 2.46. The van der Waals surface area contributed by atoms with Gasteiger partial charge < -0.3 is 19.5 Å². The van der Waals surface area contributed by atoms with E-state index in [4.69, 9.17) is 14.2 Å². The second-order valence-electron chi connectivity index (χ2n) is 6.38. The number of nitrogens with zero attached hydrogens (tertiary/aromatic N) is 1. The van der Waals surface area contributed by atoms with Gasteiger partial charge in [-0.25, -0.2) is 0 Å². The summed E-state index contributed by atoms with van der Waals surface area (Å²) in [4.78, 5) is 2.61. The zero-order chi connectivity index (χ0) is 16.2. The second-order valence-corrected chi connectivity index (χ2v) is 6.38. The Morgan fingerprint density at radius 2 is 1.61 bits per heavy atom. The third-order valence-corrected chi connectivity index (χ3v) is 5.17. The summed E-state index contributed by atoms with van der Waals surface area (Å²) < 4.78 is 16.6. The third-order valence-electron chi connectivity index (χ3n) is 5.17. The molecule has 1 atom stereocenters. The average Bonchev–Trinajstić information content (AvgIpc) is 2.57. The molecule has 1 heterocycles. The lowest BCUT2D eigenvalue weighted by Crippen LogP contribution is -2.47. The van der Waals surface area contributed by atoms with Crippen molar-refractivity contribution in [3.63, 3.8) is 0 Å². The first-order chi connectivity index (χ1) is 11.3. The van der Waals surface area contributed by atoms with Gasteiger partial charge >= 0.3 is 0 Å². The topological polar surface area (TPSA) is 43.0 Å². The zero-order valence-corrected chi connectivity index (χ0v) is 14.4. The van der Waals surface area contributed by atoms with Gasteiger partial charge in [0, 0.05) is 32.2 Å². The van der Waals surface area contributed by atoms with Gasteiger partial charge in [0.25, 0.3) is 0 Å². The number of rotatable bonds is 6. The van der Waals surface area contributed by atoms with Crippen LogP contribution in [0.3, 0.4) is 0 Å². The van der Waals surface area contributed by atoms with Crippen molar-refractivity contribution in [1.29, 1.82) is 0 Å². The molecular formula is C18H28N2O3. The number of hydrogen-bond donors (Lipinski definition) is 1. The molecule has 2 aliphatic rings. The van der Waals surface area contributed by atoms with E-state index >= 15 is 0 Å². The Kier molecular flexibility index (Phi) is 5.28. The minimum Gasteiger partial charge on any atom is -0.493 e. The Morgan fingerprint density at radius 1 is 1.00 bits per heavy atom. The summed E-state index contributed by atoms with van der Waals surface area (Å²) in [5, 5.41) is 3.45. The van der Waals surface area contributed by atoms with Gasteiger partial charge in [0.15, 0.2) is 11.5 Å². The standard InChI is InChI=1S/C18H28N2O3/c1-21-15-11-14(12-16(22-2)18(15)23-3)17(13-5-4-6-13)20-9-7-19-8-10-20/h11-13,17,19H,4-10H2,1-3H3/t17-/m0/s1. The third kappa shape index (κ3) is 3.26. The van der Waals surface area contributed by atoms with Crippen molar-refractivity contribution in [2.75, 3.05) is 47.5 Å². The van der Waals surface area contributed by atoms with Crippen LogP contribution in [0.5, 0.6) is 17.2 Å². The predicted octanol–water partition coefficient (Wildman–Crippen LogP) is 2.46. The van der Waals surface area contributed by atoms with Gasteiger partial charge in [-0.3, -0.25) is 4.90 Å². The van der Waals surface area contributed by atoms with E-state index in [1.807, 2.05) is 0 Å². The molecule has 0 bridgehead atoms. The quantitative estimate of drug-likeness (QED) is 0.872. The molecule has 3 rings (SSSR count). The van der Waals surface area contributed by atoms with Gasteiger partial charge in [0.2, 0.25) is 5.75 Å². The summed E-state index contributed by atoms with van der Waals surface area (Å²) in [5.41, 5.74) is 1.28. The summed E-state index contributed by atoms with van der Waals surface area (Å²) in [5.74, 6) is 2.91. The second kappa shape index (κ2) is 7.41. The SMILES string of the molecule is COc1cc([C@H](C2CCC2)N2CCNCC2)cc(OC)c1OC. The normalized spacial score (nSPS) is 20.7. The molecule has 23 heavy (non-hydrogen) atoms. The smallest absolute Gasteiger partial charge is 0.203 e. The van der Waals surface area contributed by atoms with Crippen molar-refractivity contribution in [2.24, 2.45) is 5.92 Å². The maximum atomic E-state index is 5.55. The van der Waals surface area contributed by atoms with E-state index in [1.54, 1.807) is 21.3 Å². The van der Waals surface area contributed by atoms with Crippen molar-refractivity contribution >= 4 is 0 Å². The molecule has 5 heteroatoms. The van der Waals surface area contributed by atoms with Crippen molar-refractivity contribution in [3.8, 4) is 17.2 Å². The molecule has 0 spiro atoms. The van der Waals surface area contributed by atoms with Crippen LogP contribution in [0, 0.1) is 5.92 Å². The van der Waals surface area contributed by atoms with Crippen LogP contribution in [0.1, 0.15) is 30.9 Å². The van der Waals surface area contributed by atoms with Crippen molar-refractivity contribution < 1.29 is 14.2 Å². The first-order valence-corrected chi connectivity index (χ1v) is 8.53. The average molecular weight is 320 g/mol. The minimum atomic E-state index is 0.444. The van der Waals surface area contributed by atoms with Gasteiger partial charge in [-0.2, -0.15) is 0 Å². The Balaban J connectivity index is 1.97. The number of benzene rings is 1. The molecule has 2 fully saturated rings. The lowest BCUT2D eigenvalue weighted by Gasteiger charge is -2.43. The molecule has 128 valence electrons. The van der Waals surface area contributed by atoms with Crippen LogP contribution in [0.15, 0.2) is 12.1 Å². The predicted molar refractivity (Wildman–Crippen MR) is 90.6 cm³/mol. The fraction of sp³-hybridized carbons (Fsp3) is 0.667. The molecule has 1 aliphatic carbocycles. The fourth-order valence-electron chi connectivity index (χ4n) is 3.77. The number of hydrogen-bond acceptors (Lipinski definition) is 5. The fourth-order valence-corrected chi connectivity index (χ4v) is 3.77. The van der Waals surface area contributed by atoms with Crippen LogP contribution >= 0.6 is 0 Å². The monoisotopic (exact) mass is 320 g/mol. The molecule has 0 aromatic heterocycles. The summed E-state index contributed by atoms with van der Waals surface area (Å²) in [6, 6.07) is 4.71. The lowest BCUT2D eigenvalue weighted by atomic mass is 9.76. The summed E-state index contributed by atoms with van der Waals surface area (Å²) in [6.45, 7) is 4.32. The van der Waals surface area contributed by atoms with Crippen LogP contribution < -0.4 is 19.5 Å². The van der Waals surface area contributed by atoms with Crippen molar-refractivity contribution in [1.82, 2.24) is 10.2 Å². The van der Waals surface area contributed by atoms with Gasteiger partial charge in [-0.1, -0.05) is 6.42 Å². The zero-order valence-electron chi connectivity index (χ0n) is 14.4. The first-order valence-electron chi connectivity index (χ1n) is 8.53. The van der Waals surface area contributed by atoms with E-state index in [-0.39, 0.29) is 0 Å². The molecule has 1 aliphatic heterocycles. The van der Waals surface area contributed by atoms with Crippen LogP contribution in [-0.2, 0) is 0 Å². The molecule has 0 unspecified atom stereocenters. The Hall–Kier alpha value is -1.46. The highest BCUT2D eigenvalue weighted by Gasteiger charge is 2.34. The molecule has 1 aromatic carbocycles. The molecule has 5 nitrogen and oxygen atoms in total. The summed E-state index contributed by atoms with van der Waals surface area (Å²) in [6.07, 6.45) is 3.97. The Morgan fingerprint density at radius 3 is 2.04 bits per heavy atom. The van der Waals surface area contributed by atoms with E-state index in [1.165, 1.54) is 24.8 Å². The Bertz CT molecular complexity index is 500. The van der Waals surface area contributed by atoms with Crippen LogP contribution in [0.4, 0.5) is 0 Å². The molecule has 0 amide bonds. The molecular weight excluding hydrogens is 292 g/mol. The lowest BCUT2D eigenvalue weighted by molar-refractivity contribution is 0.0833. The van der Waals surface area contributed by atoms with E-state index in [0.717, 1.165) is 43.6 Å². The molecule has 1 N–H and O–H groups in total. The first kappa shape index (κ1) is 16.4. The number of ether oxygens (including phenoxy) is 3. The van der Waals surface area contributed by atoms with Crippen molar-refractivity contribution in [3.05, 3.63) is 17.7 Å². The Labute approximate surface area is 138 Å². The summed E-state index contributed by atoms with van der Waals surface area (Å²) >= 11 is 0. The van der Waals surface area contributed by atoms with Gasteiger partial charge in [-0.05, 0) is 36.5 Å². The number of piperazine rings is 1. The number of nitrogens with one attached hydrogen (secondary N) is 1. The molecule has 1 saturated heterocycles. The molecule has 1 aromatic rings. The van der Waals surface area contributed by atoms with Gasteiger partial charge in [0.05, 0.1) is 21.3 Å². The van der Waals surface area contributed by atoms with E-state index in [0.29, 0.717) is 11.8 Å². The molecule has 0 radical (unpaired) electrons. The van der Waals surface area contributed by atoms with E-state index in [9.17, 15) is 0 Å². The van der Waals surface area contributed by atoms with E-state index in [2.05, 4.69) is 22.3 Å². The van der Waals surface area contributed by atoms with Crippen LogP contribution in [-0.4, -0.2) is 52.4 Å². The minimum absolute atomic E-state index is 0.444. The largest absolute Gasteiger partial charge is 0.493 e. The van der Waals surface area contributed by atoms with Crippen molar-refractivity contribution in [2.45, 2.75) is 25.3 Å². The van der Waals surface area contributed by atoms with Gasteiger partial charge in [0.1, 0.15) is 0 Å². The number of methoxy groups -OCH3 is 3. The maximum absolute atomic E-state index is 5.55. The highest BCUT2D eigenvalue weighted by molar-refractivity contribution is 5.54. The van der Waals surface area contributed by atoms with Gasteiger partial charge in [-0.15, -0.1) is 0 Å². The van der Waals surface area contributed by atoms with E-state index < -0.39 is 0 Å². The molecule has 1 saturated carbocycles. The highest BCUT2D eigenvalue weighted by atomic mass is 16.5. The maximum Gasteiger partial charge on any atom is 0.203 e. The summed E-state index contributed by atoms with van der Waals surface area (Å²) in [7, 11) is 5.02.